The number of pyridine rings is 1. The van der Waals surface area contributed by atoms with Crippen molar-refractivity contribution in [2.75, 3.05) is 6.54 Å². The summed E-state index contributed by atoms with van der Waals surface area (Å²) in [5.74, 6) is 0. The Morgan fingerprint density at radius 1 is 1.14 bits per heavy atom. The van der Waals surface area contributed by atoms with E-state index in [1.807, 2.05) is 24.3 Å². The second-order valence-corrected chi connectivity index (χ2v) is 6.09. The van der Waals surface area contributed by atoms with Crippen LogP contribution in [0.4, 0.5) is 0 Å². The summed E-state index contributed by atoms with van der Waals surface area (Å²) in [6, 6.07) is 9.60. The largest absolute Gasteiger partial charge is 0.352 e. The Bertz CT molecular complexity index is 781. The molecule has 0 aliphatic rings. The van der Waals surface area contributed by atoms with Crippen LogP contribution in [0, 0.1) is 0 Å². The van der Waals surface area contributed by atoms with Crippen LogP contribution in [0.3, 0.4) is 0 Å². The van der Waals surface area contributed by atoms with Crippen molar-refractivity contribution in [3.05, 3.63) is 52.1 Å². The molecular formula is C17H17Cl2N3. The van der Waals surface area contributed by atoms with Gasteiger partial charge in [0.2, 0.25) is 0 Å². The molecule has 0 fully saturated rings. The molecule has 0 saturated heterocycles. The maximum Gasteiger partial charge on any atom is 0.0867 e. The highest BCUT2D eigenvalue weighted by Crippen LogP contribution is 2.36. The highest BCUT2D eigenvalue weighted by Gasteiger charge is 2.16. The first-order chi connectivity index (χ1) is 10.7. The third-order valence-corrected chi connectivity index (χ3v) is 4.25. The van der Waals surface area contributed by atoms with Crippen LogP contribution < -0.4 is 5.73 Å². The van der Waals surface area contributed by atoms with E-state index in [0.717, 1.165) is 41.6 Å². The van der Waals surface area contributed by atoms with E-state index >= 15 is 0 Å². The molecule has 0 unspecified atom stereocenters. The summed E-state index contributed by atoms with van der Waals surface area (Å²) >= 11 is 12.5. The molecule has 0 bridgehead atoms. The van der Waals surface area contributed by atoms with E-state index in [-0.39, 0.29) is 0 Å². The summed E-state index contributed by atoms with van der Waals surface area (Å²) in [7, 11) is 0. The molecule has 0 aliphatic carbocycles. The minimum Gasteiger partial charge on any atom is -0.352 e. The summed E-state index contributed by atoms with van der Waals surface area (Å²) in [4.78, 5) is 7.87. The molecule has 0 radical (unpaired) electrons. The van der Waals surface area contributed by atoms with Crippen LogP contribution in [0.5, 0.6) is 0 Å². The number of hydrogen-bond acceptors (Lipinski definition) is 2. The number of aromatic amines is 1. The fourth-order valence-electron chi connectivity index (χ4n) is 2.71. The van der Waals surface area contributed by atoms with Crippen LogP contribution in [0.2, 0.25) is 10.0 Å². The Labute approximate surface area is 139 Å². The van der Waals surface area contributed by atoms with Crippen LogP contribution in [0.25, 0.3) is 22.3 Å². The summed E-state index contributed by atoms with van der Waals surface area (Å²) in [5, 5.41) is 2.34. The zero-order valence-electron chi connectivity index (χ0n) is 12.1. The molecule has 0 saturated carbocycles. The van der Waals surface area contributed by atoms with E-state index in [1.54, 1.807) is 12.3 Å². The smallest absolute Gasteiger partial charge is 0.0867 e. The lowest BCUT2D eigenvalue weighted by atomic mass is 10.0. The summed E-state index contributed by atoms with van der Waals surface area (Å²) < 4.78 is 0. The first-order valence-corrected chi connectivity index (χ1v) is 8.07. The Morgan fingerprint density at radius 3 is 2.73 bits per heavy atom. The van der Waals surface area contributed by atoms with Gasteiger partial charge in [-0.15, -0.1) is 0 Å². The Morgan fingerprint density at radius 2 is 2.00 bits per heavy atom. The number of rotatable bonds is 5. The van der Waals surface area contributed by atoms with Gasteiger partial charge in [0.1, 0.15) is 0 Å². The maximum absolute atomic E-state index is 6.34. The predicted octanol–water partition coefficient (Wildman–Crippen LogP) is 4.82. The molecule has 3 rings (SSSR count). The molecule has 2 heterocycles. The predicted molar refractivity (Wildman–Crippen MR) is 93.5 cm³/mol. The number of fused-ring (bicyclic) bond motifs is 1. The first-order valence-electron chi connectivity index (χ1n) is 7.31. The Hall–Kier alpha value is -1.55. The topological polar surface area (TPSA) is 54.7 Å². The SMILES string of the molecule is NCCCCc1c(-c2ccccn2)[nH]c2c(Cl)cc(Cl)cc12. The number of nitrogens with one attached hydrogen (secondary N) is 1. The molecule has 3 aromatic rings. The third-order valence-electron chi connectivity index (χ3n) is 3.73. The Balaban J connectivity index is 2.17. The molecule has 0 aliphatic heterocycles. The normalized spacial score (nSPS) is 11.2. The first kappa shape index (κ1) is 15.3. The number of hydrogen-bond donors (Lipinski definition) is 2. The van der Waals surface area contributed by atoms with Gasteiger partial charge in [-0.1, -0.05) is 29.3 Å². The van der Waals surface area contributed by atoms with Crippen molar-refractivity contribution in [3.63, 3.8) is 0 Å². The van der Waals surface area contributed by atoms with Gasteiger partial charge in [0.15, 0.2) is 0 Å². The van der Waals surface area contributed by atoms with E-state index < -0.39 is 0 Å². The number of benzene rings is 1. The lowest BCUT2D eigenvalue weighted by Gasteiger charge is -2.04. The summed E-state index contributed by atoms with van der Waals surface area (Å²) in [5.41, 5.74) is 9.65. The molecule has 114 valence electrons. The van der Waals surface area contributed by atoms with Crippen LogP contribution in [-0.4, -0.2) is 16.5 Å². The number of halogens is 2. The van der Waals surface area contributed by atoms with E-state index in [0.29, 0.717) is 16.6 Å². The van der Waals surface area contributed by atoms with Crippen molar-refractivity contribution >= 4 is 34.1 Å². The van der Waals surface area contributed by atoms with Gasteiger partial charge >= 0.3 is 0 Å². The second-order valence-electron chi connectivity index (χ2n) is 5.25. The minimum atomic E-state index is 0.629. The monoisotopic (exact) mass is 333 g/mol. The van der Waals surface area contributed by atoms with Gasteiger partial charge < -0.3 is 10.7 Å². The van der Waals surface area contributed by atoms with Crippen molar-refractivity contribution in [2.45, 2.75) is 19.3 Å². The maximum atomic E-state index is 6.34. The van der Waals surface area contributed by atoms with Crippen LogP contribution in [-0.2, 0) is 6.42 Å². The van der Waals surface area contributed by atoms with Gasteiger partial charge in [0.05, 0.1) is 21.9 Å². The van der Waals surface area contributed by atoms with Gasteiger partial charge in [-0.25, -0.2) is 0 Å². The van der Waals surface area contributed by atoms with Crippen molar-refractivity contribution in [1.29, 1.82) is 0 Å². The van der Waals surface area contributed by atoms with Gasteiger partial charge in [-0.05, 0) is 55.6 Å². The van der Waals surface area contributed by atoms with Crippen molar-refractivity contribution in [3.8, 4) is 11.4 Å². The van der Waals surface area contributed by atoms with Crippen molar-refractivity contribution in [1.82, 2.24) is 9.97 Å². The Kier molecular flexibility index (Phi) is 4.67. The summed E-state index contributed by atoms with van der Waals surface area (Å²) in [6.07, 6.45) is 4.72. The van der Waals surface area contributed by atoms with Crippen molar-refractivity contribution < 1.29 is 0 Å². The quantitative estimate of drug-likeness (QED) is 0.657. The van der Waals surface area contributed by atoms with Crippen LogP contribution in [0.1, 0.15) is 18.4 Å². The molecular weight excluding hydrogens is 317 g/mol. The lowest BCUT2D eigenvalue weighted by molar-refractivity contribution is 0.748. The zero-order chi connectivity index (χ0) is 15.5. The van der Waals surface area contributed by atoms with Gasteiger partial charge in [-0.3, -0.25) is 4.98 Å². The van der Waals surface area contributed by atoms with E-state index in [1.165, 1.54) is 5.56 Å². The number of nitrogens with two attached hydrogens (primary N) is 1. The molecule has 3 N–H and O–H groups in total. The molecule has 0 spiro atoms. The minimum absolute atomic E-state index is 0.629. The van der Waals surface area contributed by atoms with E-state index in [9.17, 15) is 0 Å². The fraction of sp³-hybridized carbons (Fsp3) is 0.235. The number of nitrogens with zero attached hydrogens (tertiary/aromatic N) is 1. The average molecular weight is 334 g/mol. The number of H-pyrrole nitrogens is 1. The average Bonchev–Trinajstić information content (AvgIpc) is 2.88. The second kappa shape index (κ2) is 6.69. The van der Waals surface area contributed by atoms with Gasteiger partial charge in [0.25, 0.3) is 0 Å². The molecule has 0 atom stereocenters. The molecule has 2 aromatic heterocycles. The molecule has 3 nitrogen and oxygen atoms in total. The van der Waals surface area contributed by atoms with E-state index in [4.69, 9.17) is 28.9 Å². The van der Waals surface area contributed by atoms with Gasteiger partial charge in [0, 0.05) is 16.6 Å². The fourth-order valence-corrected chi connectivity index (χ4v) is 3.25. The molecule has 1 aromatic carbocycles. The third kappa shape index (κ3) is 2.98. The standard InChI is InChI=1S/C17H17Cl2N3/c18-11-9-13-12(5-1-3-7-20)17(15-6-2-4-8-21-15)22-16(13)14(19)10-11/h2,4,6,8-10,22H,1,3,5,7,20H2. The lowest BCUT2D eigenvalue weighted by Crippen LogP contribution is -1.99. The molecule has 5 heteroatoms. The summed E-state index contributed by atoms with van der Waals surface area (Å²) in [6.45, 7) is 0.697. The van der Waals surface area contributed by atoms with Crippen LogP contribution >= 0.6 is 23.2 Å². The number of unbranched alkanes of at least 4 members (excludes halogenated alkanes) is 1. The molecule has 0 amide bonds. The van der Waals surface area contributed by atoms with Gasteiger partial charge in [-0.2, -0.15) is 0 Å². The van der Waals surface area contributed by atoms with Crippen LogP contribution in [0.15, 0.2) is 36.5 Å². The van der Waals surface area contributed by atoms with Crippen molar-refractivity contribution in [2.24, 2.45) is 5.73 Å². The number of aryl methyl sites for hydroxylation is 1. The highest BCUT2D eigenvalue weighted by molar-refractivity contribution is 6.38. The number of aromatic nitrogens is 2. The van der Waals surface area contributed by atoms with E-state index in [2.05, 4.69) is 9.97 Å². The zero-order valence-corrected chi connectivity index (χ0v) is 13.6. The molecule has 22 heavy (non-hydrogen) atoms. The highest BCUT2D eigenvalue weighted by atomic mass is 35.5.